The molecule has 4 nitrogen and oxygen atoms in total. The fourth-order valence-electron chi connectivity index (χ4n) is 4.77. The summed E-state index contributed by atoms with van der Waals surface area (Å²) in [7, 11) is 0. The summed E-state index contributed by atoms with van der Waals surface area (Å²) in [6.45, 7) is 4.88. The summed E-state index contributed by atoms with van der Waals surface area (Å²) in [6.07, 6.45) is 13.2. The number of hydrogen-bond acceptors (Lipinski definition) is 4. The number of carbonyl (C=O) groups excluding carboxylic acids is 1. The van der Waals surface area contributed by atoms with Crippen LogP contribution in [-0.4, -0.2) is 29.8 Å². The quantitative estimate of drug-likeness (QED) is 0.183. The number of esters is 1. The van der Waals surface area contributed by atoms with Crippen LogP contribution >= 0.6 is 0 Å². The van der Waals surface area contributed by atoms with E-state index in [9.17, 15) is 9.18 Å². The Kier molecular flexibility index (Phi) is 12.2. The number of hydrogen-bond donors (Lipinski definition) is 0. The fraction of sp³-hybridized carbons (Fsp3) is 0.613. The first-order valence-electron chi connectivity index (χ1n) is 14.1. The van der Waals surface area contributed by atoms with Gasteiger partial charge in [-0.15, -0.1) is 0 Å². The molecule has 0 amide bonds. The normalized spacial score (nSPS) is 18.5. The van der Waals surface area contributed by atoms with E-state index in [4.69, 9.17) is 9.47 Å². The summed E-state index contributed by atoms with van der Waals surface area (Å²) >= 11 is 0. The van der Waals surface area contributed by atoms with Gasteiger partial charge < -0.3 is 9.47 Å². The van der Waals surface area contributed by atoms with E-state index in [1.807, 2.05) is 25.3 Å². The standard InChI is InChI=1S/C31H44FNO3/c1-3-5-7-8-9-10-24-14-21-30(33-22-24)26-15-19-27(20-16-26)35-23-25-12-17-28(18-13-25)36-31(34)29(32)11-6-4-2/h14-16,19-22,25,28-29H,3-13,17-18,23H2,1-2H3/t25?,28?,29-/m0/s1. The number of aryl methyl sites for hydroxylation is 1. The molecule has 3 rings (SSSR count). The van der Waals surface area contributed by atoms with Gasteiger partial charge in [0.25, 0.3) is 0 Å². The second-order valence-corrected chi connectivity index (χ2v) is 10.2. The van der Waals surface area contributed by atoms with Crippen LogP contribution in [0.25, 0.3) is 11.3 Å². The van der Waals surface area contributed by atoms with Crippen LogP contribution in [-0.2, 0) is 16.0 Å². The number of aromatic nitrogens is 1. The molecule has 0 N–H and O–H groups in total. The van der Waals surface area contributed by atoms with Crippen molar-refractivity contribution in [3.8, 4) is 17.0 Å². The third-order valence-corrected chi connectivity index (χ3v) is 7.17. The highest BCUT2D eigenvalue weighted by Crippen LogP contribution is 2.28. The number of ether oxygens (including phenoxy) is 2. The smallest absolute Gasteiger partial charge is 0.340 e. The average Bonchev–Trinajstić information content (AvgIpc) is 2.92. The molecule has 2 aromatic rings. The number of rotatable bonds is 15. The Bertz CT molecular complexity index is 876. The molecule has 0 saturated heterocycles. The molecule has 1 fully saturated rings. The predicted molar refractivity (Wildman–Crippen MR) is 144 cm³/mol. The molecule has 0 unspecified atom stereocenters. The second kappa shape index (κ2) is 15.6. The Morgan fingerprint density at radius 3 is 2.33 bits per heavy atom. The molecule has 1 aromatic carbocycles. The largest absolute Gasteiger partial charge is 0.493 e. The van der Waals surface area contributed by atoms with Crippen molar-refractivity contribution in [2.45, 2.75) is 110 Å². The van der Waals surface area contributed by atoms with E-state index in [-0.39, 0.29) is 12.5 Å². The van der Waals surface area contributed by atoms with Crippen LogP contribution in [0.4, 0.5) is 4.39 Å². The molecule has 0 bridgehead atoms. The molecule has 5 heteroatoms. The van der Waals surface area contributed by atoms with Gasteiger partial charge in [-0.05, 0) is 86.8 Å². The van der Waals surface area contributed by atoms with Gasteiger partial charge in [0, 0.05) is 11.8 Å². The third kappa shape index (κ3) is 9.55. The predicted octanol–water partition coefficient (Wildman–Crippen LogP) is 8.27. The Morgan fingerprint density at radius 1 is 0.944 bits per heavy atom. The molecule has 1 heterocycles. The van der Waals surface area contributed by atoms with Crippen LogP contribution in [0.1, 0.15) is 96.5 Å². The zero-order chi connectivity index (χ0) is 25.6. The van der Waals surface area contributed by atoms with Crippen molar-refractivity contribution in [1.29, 1.82) is 0 Å². The number of benzene rings is 1. The summed E-state index contributed by atoms with van der Waals surface area (Å²) in [5.74, 6) is 0.596. The van der Waals surface area contributed by atoms with Crippen LogP contribution in [0.2, 0.25) is 0 Å². The van der Waals surface area contributed by atoms with Crippen molar-refractivity contribution in [2.24, 2.45) is 5.92 Å². The topological polar surface area (TPSA) is 48.4 Å². The number of nitrogens with zero attached hydrogens (tertiary/aromatic N) is 1. The summed E-state index contributed by atoms with van der Waals surface area (Å²) in [5, 5.41) is 0. The van der Waals surface area contributed by atoms with E-state index >= 15 is 0 Å². The first-order chi connectivity index (χ1) is 17.6. The molecule has 1 atom stereocenters. The number of alkyl halides is 1. The SMILES string of the molecule is CCCCCCCc1ccc(-c2ccc(OCC3CCC(OC(=O)[C@@H](F)CCCC)CC3)cc2)nc1. The number of carbonyl (C=O) groups is 1. The van der Waals surface area contributed by atoms with Gasteiger partial charge in [-0.1, -0.05) is 58.4 Å². The highest BCUT2D eigenvalue weighted by molar-refractivity contribution is 5.74. The van der Waals surface area contributed by atoms with Gasteiger partial charge in [0.1, 0.15) is 11.9 Å². The number of unbranched alkanes of at least 4 members (excludes halogenated alkanes) is 5. The van der Waals surface area contributed by atoms with Crippen LogP contribution < -0.4 is 4.74 Å². The lowest BCUT2D eigenvalue weighted by Crippen LogP contribution is -2.30. The highest BCUT2D eigenvalue weighted by atomic mass is 19.1. The maximum absolute atomic E-state index is 13.9. The molecule has 1 aromatic heterocycles. The molecule has 198 valence electrons. The van der Waals surface area contributed by atoms with E-state index < -0.39 is 12.1 Å². The van der Waals surface area contributed by atoms with E-state index in [0.29, 0.717) is 18.9 Å². The Morgan fingerprint density at radius 2 is 1.67 bits per heavy atom. The maximum Gasteiger partial charge on any atom is 0.340 e. The molecule has 0 radical (unpaired) electrons. The van der Waals surface area contributed by atoms with Crippen molar-refractivity contribution in [3.63, 3.8) is 0 Å². The van der Waals surface area contributed by atoms with Crippen LogP contribution in [0.5, 0.6) is 5.75 Å². The van der Waals surface area contributed by atoms with Gasteiger partial charge >= 0.3 is 5.97 Å². The van der Waals surface area contributed by atoms with Crippen molar-refractivity contribution < 1.29 is 18.7 Å². The summed E-state index contributed by atoms with van der Waals surface area (Å²) in [6, 6.07) is 12.4. The highest BCUT2D eigenvalue weighted by Gasteiger charge is 2.27. The zero-order valence-electron chi connectivity index (χ0n) is 22.2. The van der Waals surface area contributed by atoms with E-state index in [1.165, 1.54) is 37.7 Å². The van der Waals surface area contributed by atoms with Gasteiger partial charge in [0.05, 0.1) is 12.3 Å². The maximum atomic E-state index is 13.9. The molecule has 1 saturated carbocycles. The van der Waals surface area contributed by atoms with Crippen molar-refractivity contribution in [3.05, 3.63) is 48.2 Å². The Labute approximate surface area is 217 Å². The molecule has 1 aliphatic rings. The van der Waals surface area contributed by atoms with Crippen LogP contribution in [0.3, 0.4) is 0 Å². The summed E-state index contributed by atoms with van der Waals surface area (Å²) in [5.41, 5.74) is 3.37. The van der Waals surface area contributed by atoms with Crippen LogP contribution in [0, 0.1) is 5.92 Å². The second-order valence-electron chi connectivity index (χ2n) is 10.2. The van der Waals surface area contributed by atoms with E-state index in [2.05, 4.69) is 36.2 Å². The number of halogens is 1. The summed E-state index contributed by atoms with van der Waals surface area (Å²) < 4.78 is 25.3. The Hall–Kier alpha value is -2.43. The van der Waals surface area contributed by atoms with Crippen molar-refractivity contribution in [1.82, 2.24) is 4.98 Å². The van der Waals surface area contributed by atoms with Gasteiger partial charge in [-0.25, -0.2) is 9.18 Å². The van der Waals surface area contributed by atoms with Gasteiger partial charge in [-0.2, -0.15) is 0 Å². The fourth-order valence-corrected chi connectivity index (χ4v) is 4.77. The van der Waals surface area contributed by atoms with Gasteiger partial charge in [0.2, 0.25) is 0 Å². The van der Waals surface area contributed by atoms with Gasteiger partial charge in [-0.3, -0.25) is 4.98 Å². The molecular weight excluding hydrogens is 453 g/mol. The number of pyridine rings is 1. The molecular formula is C31H44FNO3. The average molecular weight is 498 g/mol. The summed E-state index contributed by atoms with van der Waals surface area (Å²) in [4.78, 5) is 16.6. The van der Waals surface area contributed by atoms with E-state index in [0.717, 1.165) is 55.5 Å². The molecule has 1 aliphatic carbocycles. The molecule has 0 spiro atoms. The van der Waals surface area contributed by atoms with E-state index in [1.54, 1.807) is 0 Å². The molecule has 36 heavy (non-hydrogen) atoms. The lowest BCUT2D eigenvalue weighted by molar-refractivity contribution is -0.157. The minimum Gasteiger partial charge on any atom is -0.493 e. The van der Waals surface area contributed by atoms with Crippen LogP contribution in [0.15, 0.2) is 42.6 Å². The zero-order valence-corrected chi connectivity index (χ0v) is 22.2. The van der Waals surface area contributed by atoms with Crippen molar-refractivity contribution in [2.75, 3.05) is 6.61 Å². The molecule has 0 aliphatic heterocycles. The van der Waals surface area contributed by atoms with Gasteiger partial charge in [0.15, 0.2) is 6.17 Å². The van der Waals surface area contributed by atoms with Crippen molar-refractivity contribution >= 4 is 5.97 Å². The first-order valence-corrected chi connectivity index (χ1v) is 14.1. The minimum absolute atomic E-state index is 0.159. The monoisotopic (exact) mass is 497 g/mol. The third-order valence-electron chi connectivity index (χ3n) is 7.17. The minimum atomic E-state index is -1.48. The first kappa shape index (κ1) is 28.1. The lowest BCUT2D eigenvalue weighted by Gasteiger charge is -2.28. The Balaban J connectivity index is 1.36. The lowest BCUT2D eigenvalue weighted by atomic mass is 9.88.